The van der Waals surface area contributed by atoms with Crippen molar-refractivity contribution >= 4 is 23.9 Å². The maximum atomic E-state index is 13.1. The van der Waals surface area contributed by atoms with Gasteiger partial charge in [0, 0.05) is 19.3 Å². The molecule has 0 spiro atoms. The third-order valence-corrected chi connectivity index (χ3v) is 12.6. The molecule has 0 aromatic carbocycles. The summed E-state index contributed by atoms with van der Waals surface area (Å²) >= 11 is 0. The Kier molecular flexibility index (Phi) is 46.2. The number of carboxylic acids is 1. The van der Waals surface area contributed by atoms with E-state index in [1.165, 1.54) is 51.4 Å². The average molecular weight is 1050 g/mol. The quantitative estimate of drug-likeness (QED) is 0.0228. The Hall–Kier alpha value is -4.36. The minimum atomic E-state index is -1.92. The van der Waals surface area contributed by atoms with E-state index in [9.17, 15) is 34.5 Å². The second-order valence-electron chi connectivity index (χ2n) is 19.5. The summed E-state index contributed by atoms with van der Waals surface area (Å²) in [5.74, 6) is -3.26. The zero-order valence-corrected chi connectivity index (χ0v) is 46.8. The monoisotopic (exact) mass is 1050 g/mol. The topological polar surface area (TPSA) is 175 Å². The van der Waals surface area contributed by atoms with Gasteiger partial charge in [0.25, 0.3) is 0 Å². The lowest BCUT2D eigenvalue weighted by atomic mass is 9.98. The summed E-state index contributed by atoms with van der Waals surface area (Å²) in [5.41, 5.74) is 0. The number of carboxylic acid groups (broad SMARTS) is 1. The molecule has 0 saturated carbocycles. The maximum Gasteiger partial charge on any atom is 0.335 e. The Bertz CT molecular complexity index is 1670. The number of aliphatic carboxylic acids is 1. The first kappa shape index (κ1) is 68.7. The molecule has 0 bridgehead atoms. The van der Waals surface area contributed by atoms with Crippen molar-refractivity contribution in [3.05, 3.63) is 97.2 Å². The summed E-state index contributed by atoms with van der Waals surface area (Å²) in [7, 11) is 0. The summed E-state index contributed by atoms with van der Waals surface area (Å²) in [6, 6.07) is 0. The number of ether oxygens (including phenoxy) is 5. The Morgan fingerprint density at radius 3 is 1.37 bits per heavy atom. The Morgan fingerprint density at radius 2 is 0.880 bits per heavy atom. The third kappa shape index (κ3) is 40.6. The Morgan fingerprint density at radius 1 is 0.453 bits per heavy atom. The van der Waals surface area contributed by atoms with Crippen LogP contribution in [0.25, 0.3) is 0 Å². The molecule has 426 valence electrons. The molecule has 75 heavy (non-hydrogen) atoms. The van der Waals surface area contributed by atoms with Gasteiger partial charge >= 0.3 is 23.9 Å². The van der Waals surface area contributed by atoms with Crippen LogP contribution in [-0.2, 0) is 42.9 Å². The minimum Gasteiger partial charge on any atom is -0.479 e. The second kappa shape index (κ2) is 50.5. The van der Waals surface area contributed by atoms with E-state index in [4.69, 9.17) is 23.7 Å². The lowest BCUT2D eigenvalue weighted by Gasteiger charge is -2.40. The average Bonchev–Trinajstić information content (AvgIpc) is 3.39. The summed E-state index contributed by atoms with van der Waals surface area (Å²) in [4.78, 5) is 51.0. The van der Waals surface area contributed by atoms with E-state index < -0.39 is 67.3 Å². The number of hydrogen-bond acceptors (Lipinski definition) is 11. The van der Waals surface area contributed by atoms with E-state index in [0.717, 1.165) is 116 Å². The van der Waals surface area contributed by atoms with E-state index in [0.29, 0.717) is 19.3 Å². The molecule has 12 heteroatoms. The van der Waals surface area contributed by atoms with Gasteiger partial charge in [-0.25, -0.2) is 4.79 Å². The van der Waals surface area contributed by atoms with Crippen LogP contribution in [0.4, 0.5) is 0 Å². The van der Waals surface area contributed by atoms with Crippen LogP contribution < -0.4 is 0 Å². The Balaban J connectivity index is 2.75. The van der Waals surface area contributed by atoms with Crippen molar-refractivity contribution in [1.29, 1.82) is 0 Å². The van der Waals surface area contributed by atoms with Gasteiger partial charge in [0.15, 0.2) is 24.6 Å². The third-order valence-electron chi connectivity index (χ3n) is 12.6. The van der Waals surface area contributed by atoms with Gasteiger partial charge in [-0.1, -0.05) is 201 Å². The molecule has 1 fully saturated rings. The normalized spacial score (nSPS) is 18.9. The predicted molar refractivity (Wildman–Crippen MR) is 303 cm³/mol. The van der Waals surface area contributed by atoms with Crippen LogP contribution >= 0.6 is 0 Å². The molecule has 0 aromatic heterocycles. The molecule has 6 atom stereocenters. The first-order chi connectivity index (χ1) is 36.6. The van der Waals surface area contributed by atoms with Gasteiger partial charge in [-0.2, -0.15) is 0 Å². The van der Waals surface area contributed by atoms with E-state index in [2.05, 4.69) is 106 Å². The fraction of sp³-hybridized carbons (Fsp3) is 0.683. The van der Waals surface area contributed by atoms with Crippen molar-refractivity contribution in [2.45, 2.75) is 263 Å². The van der Waals surface area contributed by atoms with Crippen molar-refractivity contribution in [3.8, 4) is 0 Å². The second-order valence-corrected chi connectivity index (χ2v) is 19.5. The number of esters is 3. The molecule has 1 rings (SSSR count). The van der Waals surface area contributed by atoms with Crippen LogP contribution in [0.1, 0.15) is 226 Å². The van der Waals surface area contributed by atoms with Gasteiger partial charge in [0.05, 0.1) is 6.61 Å². The molecule has 1 saturated heterocycles. The largest absolute Gasteiger partial charge is 0.479 e. The molecule has 0 aromatic rings. The van der Waals surface area contributed by atoms with Crippen LogP contribution in [0.5, 0.6) is 0 Å². The lowest BCUT2D eigenvalue weighted by Crippen LogP contribution is -2.61. The molecular formula is C63H102O12. The number of aliphatic hydroxyl groups excluding tert-OH is 2. The number of carbonyl (C=O) groups excluding carboxylic acids is 3. The van der Waals surface area contributed by atoms with Gasteiger partial charge in [-0.15, -0.1) is 0 Å². The van der Waals surface area contributed by atoms with Crippen molar-refractivity contribution < 1.29 is 58.2 Å². The van der Waals surface area contributed by atoms with Gasteiger partial charge in [0.1, 0.15) is 18.8 Å². The zero-order chi connectivity index (χ0) is 54.7. The lowest BCUT2D eigenvalue weighted by molar-refractivity contribution is -0.301. The van der Waals surface area contributed by atoms with Crippen LogP contribution in [-0.4, -0.2) is 89.2 Å². The standard InChI is InChI=1S/C63H102O12/c1-4-7-10-13-16-19-22-24-26-27-28-29-31-32-35-37-40-43-46-49-55(64)71-52-54(73-56(65)50-47-44-41-39-36-33-30-25-23-20-17-14-11-8-5-2)53-72-63-61(59(68)58(67)60(75-63)62(69)70)74-57(66)51-48-45-42-38-34-21-18-15-12-9-6-3/h7,10,15-16,18-19,24-26,28-30,32,35,40,43,54,58-61,63,67-68H,4-6,8-9,11-14,17,20-23,27,31,33-34,36-39,41-42,44-53H2,1-3H3,(H,69,70)/b10-7-,18-15-,19-16-,26-24-,29-28-,30-25-,35-32-,43-40-. The number of hydrogen-bond donors (Lipinski definition) is 3. The molecule has 1 aliphatic heterocycles. The number of allylic oxidation sites excluding steroid dienone is 16. The van der Waals surface area contributed by atoms with E-state index in [1.807, 2.05) is 12.2 Å². The van der Waals surface area contributed by atoms with Crippen molar-refractivity contribution in [3.63, 3.8) is 0 Å². The SMILES string of the molecule is CC/C=C\C/C=C\C/C=C\C/C=C\C/C=C\C/C=C\CCC(=O)OCC(COC1OC(C(=O)O)C(O)C(O)C1OC(=O)CCCCCCC/C=C\CCCC)OC(=O)CCCCCCC/C=C\CCCCCCCC. The van der Waals surface area contributed by atoms with E-state index in [1.54, 1.807) is 0 Å². The van der Waals surface area contributed by atoms with E-state index >= 15 is 0 Å². The molecular weight excluding hydrogens is 949 g/mol. The smallest absolute Gasteiger partial charge is 0.335 e. The highest BCUT2D eigenvalue weighted by molar-refractivity contribution is 5.74. The predicted octanol–water partition coefficient (Wildman–Crippen LogP) is 14.9. The molecule has 0 aliphatic carbocycles. The fourth-order valence-corrected chi connectivity index (χ4v) is 8.13. The van der Waals surface area contributed by atoms with Crippen LogP contribution in [0.2, 0.25) is 0 Å². The number of rotatable bonds is 48. The van der Waals surface area contributed by atoms with Gasteiger partial charge < -0.3 is 39.0 Å². The fourth-order valence-electron chi connectivity index (χ4n) is 8.13. The molecule has 3 N–H and O–H groups in total. The first-order valence-corrected chi connectivity index (χ1v) is 29.2. The number of carbonyl (C=O) groups is 4. The molecule has 0 radical (unpaired) electrons. The summed E-state index contributed by atoms with van der Waals surface area (Å²) in [6.45, 7) is 5.74. The highest BCUT2D eigenvalue weighted by Crippen LogP contribution is 2.26. The summed E-state index contributed by atoms with van der Waals surface area (Å²) < 4.78 is 28.3. The minimum absolute atomic E-state index is 0.0381. The number of unbranched alkanes of at least 4 members (excludes halogenated alkanes) is 18. The molecule has 1 aliphatic rings. The van der Waals surface area contributed by atoms with Gasteiger partial charge in [-0.05, 0) is 103 Å². The van der Waals surface area contributed by atoms with Crippen molar-refractivity contribution in [2.24, 2.45) is 0 Å². The highest BCUT2D eigenvalue weighted by atomic mass is 16.7. The molecule has 1 heterocycles. The van der Waals surface area contributed by atoms with Gasteiger partial charge in [-0.3, -0.25) is 14.4 Å². The van der Waals surface area contributed by atoms with E-state index in [-0.39, 0.29) is 25.9 Å². The van der Waals surface area contributed by atoms with Gasteiger partial charge in [0.2, 0.25) is 0 Å². The molecule has 6 unspecified atom stereocenters. The molecule has 0 amide bonds. The maximum absolute atomic E-state index is 13.1. The van der Waals surface area contributed by atoms with Crippen LogP contribution in [0, 0.1) is 0 Å². The van der Waals surface area contributed by atoms with Crippen LogP contribution in [0.3, 0.4) is 0 Å². The first-order valence-electron chi connectivity index (χ1n) is 29.2. The summed E-state index contributed by atoms with van der Waals surface area (Å²) in [5, 5.41) is 31.4. The highest BCUT2D eigenvalue weighted by Gasteiger charge is 2.50. The summed E-state index contributed by atoms with van der Waals surface area (Å²) in [6.07, 6.45) is 54.0. The zero-order valence-electron chi connectivity index (χ0n) is 46.8. The van der Waals surface area contributed by atoms with Crippen LogP contribution in [0.15, 0.2) is 97.2 Å². The van der Waals surface area contributed by atoms with Crippen molar-refractivity contribution in [2.75, 3.05) is 13.2 Å². The molecule has 12 nitrogen and oxygen atoms in total. The Labute approximate surface area is 453 Å². The number of aliphatic hydroxyl groups is 2. The van der Waals surface area contributed by atoms with Crippen molar-refractivity contribution in [1.82, 2.24) is 0 Å².